The Balaban J connectivity index is 1.20. The SMILES string of the molecule is Cc1[nH]c(C=C2C(=O)Nc3ccc(S(=O)(=O)Cc4c(Cl)cccc4Cl)cc32)c(C)c1CCC(=O)N1CCC[C@H]1CNC1CC1. The summed E-state index contributed by atoms with van der Waals surface area (Å²) in [5.74, 6) is -0.496. The third kappa shape index (κ3) is 6.33. The number of likely N-dealkylation sites (tertiary alicyclic amines) is 1. The molecule has 8 nitrogen and oxygen atoms in total. The van der Waals surface area contributed by atoms with E-state index in [0.29, 0.717) is 41.3 Å². The Morgan fingerprint density at radius 3 is 2.57 bits per heavy atom. The fourth-order valence-electron chi connectivity index (χ4n) is 6.27. The number of aromatic amines is 1. The molecular weight excluding hydrogens is 619 g/mol. The number of nitrogens with one attached hydrogen (secondary N) is 3. The second kappa shape index (κ2) is 12.4. The highest BCUT2D eigenvalue weighted by molar-refractivity contribution is 7.90. The van der Waals surface area contributed by atoms with Crippen LogP contribution in [0.4, 0.5) is 5.69 Å². The number of halogens is 2. The smallest absolute Gasteiger partial charge is 0.256 e. The number of H-pyrrole nitrogens is 1. The van der Waals surface area contributed by atoms with E-state index in [0.717, 1.165) is 48.4 Å². The fourth-order valence-corrected chi connectivity index (χ4v) is 8.39. The molecule has 0 spiro atoms. The van der Waals surface area contributed by atoms with Crippen LogP contribution in [0, 0.1) is 13.8 Å². The number of anilines is 1. The van der Waals surface area contributed by atoms with Gasteiger partial charge < -0.3 is 20.5 Å². The Kier molecular flexibility index (Phi) is 8.67. The van der Waals surface area contributed by atoms with Crippen LogP contribution in [0.5, 0.6) is 0 Å². The predicted octanol–water partition coefficient (Wildman–Crippen LogP) is 6.08. The van der Waals surface area contributed by atoms with Gasteiger partial charge in [-0.15, -0.1) is 0 Å². The Labute approximate surface area is 268 Å². The molecule has 2 aromatic carbocycles. The summed E-state index contributed by atoms with van der Waals surface area (Å²) in [5, 5.41) is 6.96. The molecule has 1 aliphatic carbocycles. The fraction of sp³-hybridized carbons (Fsp3) is 0.394. The minimum absolute atomic E-state index is 0.0702. The van der Waals surface area contributed by atoms with Gasteiger partial charge in [0, 0.05) is 69.8 Å². The second-order valence-electron chi connectivity index (χ2n) is 12.0. The zero-order valence-corrected chi connectivity index (χ0v) is 27.1. The van der Waals surface area contributed by atoms with Crippen molar-refractivity contribution in [2.75, 3.05) is 18.4 Å². The summed E-state index contributed by atoms with van der Waals surface area (Å²) >= 11 is 12.5. The van der Waals surface area contributed by atoms with Gasteiger partial charge in [0.15, 0.2) is 9.84 Å². The van der Waals surface area contributed by atoms with E-state index in [4.69, 9.17) is 23.2 Å². The monoisotopic (exact) mass is 654 g/mol. The second-order valence-corrected chi connectivity index (χ2v) is 14.8. The normalized spacial score (nSPS) is 19.1. The molecule has 2 aliphatic heterocycles. The first-order chi connectivity index (χ1) is 21.0. The number of aromatic nitrogens is 1. The minimum Gasteiger partial charge on any atom is -0.359 e. The summed E-state index contributed by atoms with van der Waals surface area (Å²) in [6.07, 6.45) is 7.35. The zero-order chi connectivity index (χ0) is 31.2. The van der Waals surface area contributed by atoms with Gasteiger partial charge in [0.25, 0.3) is 5.91 Å². The topological polar surface area (TPSA) is 111 Å². The molecule has 1 saturated heterocycles. The molecule has 0 bridgehead atoms. The Morgan fingerprint density at radius 2 is 1.84 bits per heavy atom. The van der Waals surface area contributed by atoms with E-state index in [1.807, 2.05) is 18.7 Å². The van der Waals surface area contributed by atoms with Crippen molar-refractivity contribution in [1.29, 1.82) is 0 Å². The van der Waals surface area contributed by atoms with E-state index in [-0.39, 0.29) is 38.5 Å². The maximum atomic E-state index is 13.4. The van der Waals surface area contributed by atoms with Crippen LogP contribution in [0.15, 0.2) is 41.3 Å². The van der Waals surface area contributed by atoms with E-state index in [2.05, 4.69) is 15.6 Å². The van der Waals surface area contributed by atoms with Crippen molar-refractivity contribution >= 4 is 62.2 Å². The van der Waals surface area contributed by atoms with Crippen LogP contribution >= 0.6 is 23.2 Å². The molecule has 3 aliphatic rings. The summed E-state index contributed by atoms with van der Waals surface area (Å²) in [4.78, 5) is 31.7. The molecule has 6 rings (SSSR count). The van der Waals surface area contributed by atoms with Gasteiger partial charge in [-0.25, -0.2) is 8.42 Å². The van der Waals surface area contributed by atoms with E-state index in [9.17, 15) is 18.0 Å². The summed E-state index contributed by atoms with van der Waals surface area (Å²) in [7, 11) is -3.82. The molecule has 2 amide bonds. The lowest BCUT2D eigenvalue weighted by Crippen LogP contribution is -2.42. The lowest BCUT2D eigenvalue weighted by atomic mass is 10.0. The van der Waals surface area contributed by atoms with Gasteiger partial charge in [0.1, 0.15) is 0 Å². The zero-order valence-electron chi connectivity index (χ0n) is 24.8. The third-order valence-corrected chi connectivity index (χ3v) is 11.3. The van der Waals surface area contributed by atoms with Crippen LogP contribution in [0.3, 0.4) is 0 Å². The molecule has 1 atom stereocenters. The molecule has 3 aromatic rings. The van der Waals surface area contributed by atoms with E-state index < -0.39 is 9.84 Å². The maximum absolute atomic E-state index is 13.4. The van der Waals surface area contributed by atoms with Crippen molar-refractivity contribution in [2.45, 2.75) is 75.1 Å². The molecule has 3 N–H and O–H groups in total. The number of hydrogen-bond acceptors (Lipinski definition) is 5. The first kappa shape index (κ1) is 30.9. The molecule has 0 radical (unpaired) electrons. The third-order valence-electron chi connectivity index (χ3n) is 8.96. The molecule has 3 heterocycles. The van der Waals surface area contributed by atoms with Crippen molar-refractivity contribution in [3.05, 3.63) is 80.1 Å². The predicted molar refractivity (Wildman–Crippen MR) is 175 cm³/mol. The highest BCUT2D eigenvalue weighted by Gasteiger charge is 2.31. The van der Waals surface area contributed by atoms with Gasteiger partial charge in [0.05, 0.1) is 16.2 Å². The number of carbonyl (C=O) groups is 2. The van der Waals surface area contributed by atoms with Crippen LogP contribution in [0.25, 0.3) is 11.6 Å². The molecule has 11 heteroatoms. The quantitative estimate of drug-likeness (QED) is 0.230. The summed E-state index contributed by atoms with van der Waals surface area (Å²) in [6.45, 7) is 5.64. The van der Waals surface area contributed by atoms with E-state index in [1.165, 1.54) is 25.0 Å². The van der Waals surface area contributed by atoms with Crippen LogP contribution in [0.2, 0.25) is 10.0 Å². The number of hydrogen-bond donors (Lipinski definition) is 3. The van der Waals surface area contributed by atoms with Crippen LogP contribution in [-0.2, 0) is 31.6 Å². The van der Waals surface area contributed by atoms with Crippen molar-refractivity contribution in [1.82, 2.24) is 15.2 Å². The van der Waals surface area contributed by atoms with Crippen molar-refractivity contribution in [2.24, 2.45) is 0 Å². The number of rotatable bonds is 10. The first-order valence-corrected chi connectivity index (χ1v) is 17.5. The number of benzene rings is 2. The van der Waals surface area contributed by atoms with E-state index in [1.54, 1.807) is 30.3 Å². The van der Waals surface area contributed by atoms with Crippen molar-refractivity contribution < 1.29 is 18.0 Å². The highest BCUT2D eigenvalue weighted by atomic mass is 35.5. The van der Waals surface area contributed by atoms with Gasteiger partial charge in [-0.3, -0.25) is 9.59 Å². The lowest BCUT2D eigenvalue weighted by Gasteiger charge is -2.25. The van der Waals surface area contributed by atoms with Crippen LogP contribution in [-0.4, -0.2) is 55.3 Å². The summed E-state index contributed by atoms with van der Waals surface area (Å²) in [6, 6.07) is 10.4. The average Bonchev–Trinajstić information content (AvgIpc) is 3.50. The Morgan fingerprint density at radius 1 is 1.09 bits per heavy atom. The number of amides is 2. The lowest BCUT2D eigenvalue weighted by molar-refractivity contribution is -0.131. The first-order valence-electron chi connectivity index (χ1n) is 15.1. The molecule has 1 aromatic heterocycles. The van der Waals surface area contributed by atoms with Gasteiger partial charge in [-0.1, -0.05) is 29.3 Å². The van der Waals surface area contributed by atoms with Gasteiger partial charge in [0.2, 0.25) is 5.91 Å². The van der Waals surface area contributed by atoms with Crippen LogP contribution < -0.4 is 10.6 Å². The van der Waals surface area contributed by atoms with Gasteiger partial charge in [-0.05, 0) is 93.5 Å². The van der Waals surface area contributed by atoms with Gasteiger partial charge >= 0.3 is 0 Å². The molecule has 2 fully saturated rings. The largest absolute Gasteiger partial charge is 0.359 e. The number of aryl methyl sites for hydroxylation is 1. The van der Waals surface area contributed by atoms with Crippen molar-refractivity contribution in [3.63, 3.8) is 0 Å². The Bertz CT molecular complexity index is 1760. The molecular formula is C33H36Cl2N4O4S. The average molecular weight is 656 g/mol. The number of nitrogens with zero attached hydrogens (tertiary/aromatic N) is 1. The maximum Gasteiger partial charge on any atom is 0.256 e. The number of sulfone groups is 1. The minimum atomic E-state index is -3.82. The number of carbonyl (C=O) groups excluding carboxylic acids is 2. The van der Waals surface area contributed by atoms with Crippen LogP contribution in [0.1, 0.15) is 65.7 Å². The summed E-state index contributed by atoms with van der Waals surface area (Å²) < 4.78 is 26.8. The van der Waals surface area contributed by atoms with Gasteiger partial charge in [-0.2, -0.15) is 0 Å². The summed E-state index contributed by atoms with van der Waals surface area (Å²) in [5.41, 5.74) is 5.47. The molecule has 232 valence electrons. The standard InChI is InChI=1S/C33H36Cl2N4O4S/c1-19-24(11-13-32(40)39-14-4-5-22(39)17-36-21-8-9-21)20(2)37-31(19)16-26-25-15-23(10-12-30(25)38-33(26)41)44(42,43)18-27-28(34)6-3-7-29(27)35/h3,6-7,10,12,15-16,21-22,36-37H,4-5,8-9,11,13-14,17-18H2,1-2H3,(H,38,41)/t22-/m0/s1. The molecule has 0 unspecified atom stereocenters. The molecule has 44 heavy (non-hydrogen) atoms. The van der Waals surface area contributed by atoms with E-state index >= 15 is 0 Å². The van der Waals surface area contributed by atoms with Crippen molar-refractivity contribution in [3.8, 4) is 0 Å². The molecule has 1 saturated carbocycles. The number of fused-ring (bicyclic) bond motifs is 1. The highest BCUT2D eigenvalue weighted by Crippen LogP contribution is 2.37. The Hall–Kier alpha value is -3.11.